The Balaban J connectivity index is 1.87. The highest BCUT2D eigenvalue weighted by molar-refractivity contribution is 14.1. The van der Waals surface area contributed by atoms with Crippen LogP contribution in [-0.4, -0.2) is 10.9 Å². The van der Waals surface area contributed by atoms with E-state index >= 15 is 0 Å². The fourth-order valence-corrected chi connectivity index (χ4v) is 3.03. The molecule has 19 heavy (non-hydrogen) atoms. The first kappa shape index (κ1) is 12.6. The smallest absolute Gasteiger partial charge is 0.255 e. The van der Waals surface area contributed by atoms with Gasteiger partial charge in [-0.3, -0.25) is 4.79 Å². The van der Waals surface area contributed by atoms with Gasteiger partial charge in [-0.2, -0.15) is 0 Å². The van der Waals surface area contributed by atoms with Gasteiger partial charge in [0.1, 0.15) is 0 Å². The van der Waals surface area contributed by atoms with Crippen molar-refractivity contribution in [1.82, 2.24) is 4.98 Å². The number of hydrogen-bond acceptors (Lipinski definition) is 3. The zero-order valence-electron chi connectivity index (χ0n) is 9.76. The lowest BCUT2D eigenvalue weighted by molar-refractivity contribution is 0.102. The lowest BCUT2D eigenvalue weighted by atomic mass is 10.2. The van der Waals surface area contributed by atoms with Crippen LogP contribution in [0.4, 0.5) is 5.69 Å². The van der Waals surface area contributed by atoms with E-state index in [1.165, 1.54) is 11.3 Å². The van der Waals surface area contributed by atoms with Crippen molar-refractivity contribution >= 4 is 55.7 Å². The van der Waals surface area contributed by atoms with Crippen molar-refractivity contribution < 1.29 is 4.79 Å². The van der Waals surface area contributed by atoms with E-state index in [4.69, 9.17) is 0 Å². The van der Waals surface area contributed by atoms with Gasteiger partial charge in [-0.05, 0) is 59.0 Å². The summed E-state index contributed by atoms with van der Waals surface area (Å²) < 4.78 is 2.11. The summed E-state index contributed by atoms with van der Waals surface area (Å²) in [5, 5.41) is 2.90. The largest absolute Gasteiger partial charge is 0.322 e. The number of carbonyl (C=O) groups is 1. The normalized spacial score (nSPS) is 10.6. The second-order valence-electron chi connectivity index (χ2n) is 4.00. The number of fused-ring (bicyclic) bond motifs is 1. The zero-order valence-corrected chi connectivity index (χ0v) is 12.7. The average molecular weight is 380 g/mol. The Bertz CT molecular complexity index is 754. The minimum absolute atomic E-state index is 0.0997. The number of thiazole rings is 1. The lowest BCUT2D eigenvalue weighted by Gasteiger charge is -2.05. The van der Waals surface area contributed by atoms with Gasteiger partial charge in [0, 0.05) is 14.8 Å². The summed E-state index contributed by atoms with van der Waals surface area (Å²) >= 11 is 3.75. The molecule has 5 heteroatoms. The number of carbonyl (C=O) groups excluding carboxylic acids is 1. The predicted molar refractivity (Wildman–Crippen MR) is 86.7 cm³/mol. The van der Waals surface area contributed by atoms with Crippen LogP contribution in [0.25, 0.3) is 10.2 Å². The van der Waals surface area contributed by atoms with E-state index < -0.39 is 0 Å². The Morgan fingerprint density at radius 2 is 2.11 bits per heavy atom. The van der Waals surface area contributed by atoms with Gasteiger partial charge in [0.2, 0.25) is 0 Å². The first-order chi connectivity index (χ1) is 9.22. The van der Waals surface area contributed by atoms with Crippen LogP contribution in [0, 0.1) is 3.57 Å². The molecule has 0 atom stereocenters. The Morgan fingerprint density at radius 3 is 2.95 bits per heavy atom. The standard InChI is InChI=1S/C14H9IN2OS/c15-10-2-1-3-11(7-10)17-14(18)9-4-5-12-13(6-9)19-8-16-12/h1-8H,(H,17,18). The number of aromatic nitrogens is 1. The highest BCUT2D eigenvalue weighted by Gasteiger charge is 2.08. The molecule has 94 valence electrons. The maximum Gasteiger partial charge on any atom is 0.255 e. The Hall–Kier alpha value is -1.47. The van der Waals surface area contributed by atoms with Crippen LogP contribution >= 0.6 is 33.9 Å². The van der Waals surface area contributed by atoms with Crippen molar-refractivity contribution in [3.63, 3.8) is 0 Å². The van der Waals surface area contributed by atoms with Gasteiger partial charge in [-0.15, -0.1) is 11.3 Å². The number of benzene rings is 2. The monoisotopic (exact) mass is 380 g/mol. The first-order valence-electron chi connectivity index (χ1n) is 5.62. The van der Waals surface area contributed by atoms with Crippen molar-refractivity contribution in [3.8, 4) is 0 Å². The van der Waals surface area contributed by atoms with Crippen LogP contribution in [0.1, 0.15) is 10.4 Å². The second kappa shape index (κ2) is 5.26. The molecule has 0 saturated carbocycles. The number of hydrogen-bond donors (Lipinski definition) is 1. The summed E-state index contributed by atoms with van der Waals surface area (Å²) in [5.41, 5.74) is 4.17. The van der Waals surface area contributed by atoms with Crippen molar-refractivity contribution in [1.29, 1.82) is 0 Å². The molecule has 3 aromatic rings. The molecular weight excluding hydrogens is 371 g/mol. The molecule has 3 nitrogen and oxygen atoms in total. The van der Waals surface area contributed by atoms with E-state index in [2.05, 4.69) is 32.9 Å². The minimum Gasteiger partial charge on any atom is -0.322 e. The van der Waals surface area contributed by atoms with E-state index in [0.29, 0.717) is 5.56 Å². The van der Waals surface area contributed by atoms with Crippen LogP contribution in [0.3, 0.4) is 0 Å². The number of rotatable bonds is 2. The Kier molecular flexibility index (Phi) is 3.48. The van der Waals surface area contributed by atoms with Crippen molar-refractivity contribution in [3.05, 3.63) is 57.1 Å². The predicted octanol–water partition coefficient (Wildman–Crippen LogP) is 4.15. The third-order valence-corrected chi connectivity index (χ3v) is 4.14. The molecule has 0 fully saturated rings. The number of amides is 1. The van der Waals surface area contributed by atoms with Crippen molar-refractivity contribution in [2.45, 2.75) is 0 Å². The molecule has 1 amide bonds. The maximum absolute atomic E-state index is 12.2. The molecule has 0 spiro atoms. The van der Waals surface area contributed by atoms with Crippen LogP contribution < -0.4 is 5.32 Å². The fraction of sp³-hybridized carbons (Fsp3) is 0. The van der Waals surface area contributed by atoms with E-state index in [9.17, 15) is 4.79 Å². The fourth-order valence-electron chi connectivity index (χ4n) is 1.77. The van der Waals surface area contributed by atoms with E-state index in [-0.39, 0.29) is 5.91 Å². The molecule has 0 saturated heterocycles. The molecule has 0 radical (unpaired) electrons. The Morgan fingerprint density at radius 1 is 1.21 bits per heavy atom. The first-order valence-corrected chi connectivity index (χ1v) is 7.58. The average Bonchev–Trinajstić information content (AvgIpc) is 2.85. The number of nitrogens with zero attached hydrogens (tertiary/aromatic N) is 1. The van der Waals surface area contributed by atoms with Gasteiger partial charge in [0.05, 0.1) is 15.7 Å². The molecule has 3 rings (SSSR count). The summed E-state index contributed by atoms with van der Waals surface area (Å²) in [5.74, 6) is -0.0997. The van der Waals surface area contributed by atoms with Gasteiger partial charge in [-0.1, -0.05) is 6.07 Å². The highest BCUT2D eigenvalue weighted by Crippen LogP contribution is 2.20. The SMILES string of the molecule is O=C(Nc1cccc(I)c1)c1ccc2ncsc2c1. The number of anilines is 1. The quantitative estimate of drug-likeness (QED) is 0.679. The van der Waals surface area contributed by atoms with E-state index in [0.717, 1.165) is 19.5 Å². The molecule has 1 N–H and O–H groups in total. The number of halogens is 1. The number of nitrogens with one attached hydrogen (secondary N) is 1. The summed E-state index contributed by atoms with van der Waals surface area (Å²) in [4.78, 5) is 16.4. The molecule has 1 heterocycles. The molecule has 0 aliphatic heterocycles. The summed E-state index contributed by atoms with van der Waals surface area (Å²) in [7, 11) is 0. The molecule has 0 aliphatic rings. The van der Waals surface area contributed by atoms with Gasteiger partial charge < -0.3 is 5.32 Å². The summed E-state index contributed by atoms with van der Waals surface area (Å²) in [6.07, 6.45) is 0. The van der Waals surface area contributed by atoms with Gasteiger partial charge in [0.15, 0.2) is 0 Å². The molecular formula is C14H9IN2OS. The summed E-state index contributed by atoms with van der Waals surface area (Å²) in [6, 6.07) is 13.3. The lowest BCUT2D eigenvalue weighted by Crippen LogP contribution is -2.11. The maximum atomic E-state index is 12.2. The van der Waals surface area contributed by atoms with Gasteiger partial charge >= 0.3 is 0 Å². The second-order valence-corrected chi connectivity index (χ2v) is 6.13. The Labute approximate surface area is 127 Å². The minimum atomic E-state index is -0.0997. The summed E-state index contributed by atoms with van der Waals surface area (Å²) in [6.45, 7) is 0. The van der Waals surface area contributed by atoms with E-state index in [1.54, 1.807) is 11.6 Å². The van der Waals surface area contributed by atoms with Gasteiger partial charge in [-0.25, -0.2) is 4.98 Å². The molecule has 0 bridgehead atoms. The van der Waals surface area contributed by atoms with Crippen molar-refractivity contribution in [2.75, 3.05) is 5.32 Å². The van der Waals surface area contributed by atoms with Crippen molar-refractivity contribution in [2.24, 2.45) is 0 Å². The van der Waals surface area contributed by atoms with Crippen LogP contribution in [0.2, 0.25) is 0 Å². The molecule has 0 unspecified atom stereocenters. The van der Waals surface area contributed by atoms with Crippen LogP contribution in [0.5, 0.6) is 0 Å². The molecule has 0 aliphatic carbocycles. The van der Waals surface area contributed by atoms with E-state index in [1.807, 2.05) is 36.4 Å². The van der Waals surface area contributed by atoms with Crippen LogP contribution in [0.15, 0.2) is 48.0 Å². The van der Waals surface area contributed by atoms with Crippen LogP contribution in [-0.2, 0) is 0 Å². The van der Waals surface area contributed by atoms with Gasteiger partial charge in [0.25, 0.3) is 5.91 Å². The highest BCUT2D eigenvalue weighted by atomic mass is 127. The zero-order chi connectivity index (χ0) is 13.2. The topological polar surface area (TPSA) is 42.0 Å². The molecule has 1 aromatic heterocycles. The molecule has 2 aromatic carbocycles. The third-order valence-electron chi connectivity index (χ3n) is 2.68. The third kappa shape index (κ3) is 2.76.